The van der Waals surface area contributed by atoms with E-state index in [-0.39, 0.29) is 17.9 Å². The lowest BCUT2D eigenvalue weighted by Crippen LogP contribution is -2.54. The Hall–Kier alpha value is -2.22. The minimum Gasteiger partial charge on any atom is -0.444 e. The molecule has 228 valence electrons. The van der Waals surface area contributed by atoms with Crippen molar-refractivity contribution >= 4 is 29.7 Å². The van der Waals surface area contributed by atoms with Gasteiger partial charge in [0.1, 0.15) is 17.7 Å². The monoisotopic (exact) mass is 577 g/mol. The van der Waals surface area contributed by atoms with Gasteiger partial charge in [-0.25, -0.2) is 4.79 Å². The molecule has 0 aromatic heterocycles. The van der Waals surface area contributed by atoms with Crippen molar-refractivity contribution in [1.82, 2.24) is 15.5 Å². The highest BCUT2D eigenvalue weighted by atomic mass is 32.2. The molecule has 8 heteroatoms. The summed E-state index contributed by atoms with van der Waals surface area (Å²) in [4.78, 5) is 43.0. The van der Waals surface area contributed by atoms with Gasteiger partial charge >= 0.3 is 6.09 Å². The summed E-state index contributed by atoms with van der Waals surface area (Å²) in [5.74, 6) is 0.257. The van der Waals surface area contributed by atoms with Gasteiger partial charge in [0.2, 0.25) is 11.8 Å². The lowest BCUT2D eigenvalue weighted by atomic mass is 9.93. The molecule has 1 rings (SSSR count). The van der Waals surface area contributed by atoms with Crippen LogP contribution in [0.1, 0.15) is 116 Å². The van der Waals surface area contributed by atoms with E-state index >= 15 is 0 Å². The molecule has 3 unspecified atom stereocenters. The Morgan fingerprint density at radius 2 is 1.57 bits per heavy atom. The number of nitrogens with one attached hydrogen (secondary N) is 2. The summed E-state index contributed by atoms with van der Waals surface area (Å²) in [7, 11) is 0. The zero-order valence-electron chi connectivity index (χ0n) is 26.5. The van der Waals surface area contributed by atoms with Crippen molar-refractivity contribution in [2.45, 2.75) is 130 Å². The van der Waals surface area contributed by atoms with Gasteiger partial charge in [-0.05, 0) is 89.5 Å². The Labute approximate surface area is 248 Å². The van der Waals surface area contributed by atoms with E-state index in [0.29, 0.717) is 18.7 Å². The Kier molecular flexibility index (Phi) is 16.3. The average molecular weight is 578 g/mol. The van der Waals surface area contributed by atoms with Crippen LogP contribution in [-0.4, -0.2) is 59.0 Å². The van der Waals surface area contributed by atoms with Gasteiger partial charge in [0.25, 0.3) is 0 Å². The molecular formula is C32H55N3O4S. The minimum absolute atomic E-state index is 0.0157. The van der Waals surface area contributed by atoms with Crippen LogP contribution in [0.15, 0.2) is 18.2 Å². The van der Waals surface area contributed by atoms with E-state index in [2.05, 4.69) is 24.5 Å². The molecule has 0 radical (unpaired) electrons. The fourth-order valence-electron chi connectivity index (χ4n) is 4.91. The van der Waals surface area contributed by atoms with E-state index < -0.39 is 23.8 Å². The van der Waals surface area contributed by atoms with Crippen molar-refractivity contribution in [3.8, 4) is 0 Å². The molecule has 2 N–H and O–H groups in total. The SMILES string of the molecule is CCCCCCCN(C(=O)C(CCSC)NC(=O)OC(C)(C)C)C(C(=O)NC(C)CCC)c1c(C)cccc1C. The molecule has 0 saturated heterocycles. The number of unbranched alkanes of at least 4 members (excludes halogenated alkanes) is 4. The highest BCUT2D eigenvalue weighted by Crippen LogP contribution is 2.30. The first-order valence-corrected chi connectivity index (χ1v) is 16.4. The largest absolute Gasteiger partial charge is 0.444 e. The van der Waals surface area contributed by atoms with Gasteiger partial charge in [0.15, 0.2) is 0 Å². The normalized spacial score (nSPS) is 13.7. The van der Waals surface area contributed by atoms with E-state index in [1.807, 2.05) is 45.2 Å². The van der Waals surface area contributed by atoms with Crippen molar-refractivity contribution < 1.29 is 19.1 Å². The minimum atomic E-state index is -0.800. The van der Waals surface area contributed by atoms with E-state index in [9.17, 15) is 14.4 Å². The number of nitrogens with zero attached hydrogens (tertiary/aromatic N) is 1. The standard InChI is InChI=1S/C32H55N3O4S/c1-10-12-13-14-15-21-35(30(37)26(20-22-40-9)34-31(38)39-32(6,7)8)28(29(36)33-25(5)17-11-2)27-23(3)18-16-19-24(27)4/h16,18-19,25-26,28H,10-15,17,20-22H2,1-9H3,(H,33,36)(H,34,38). The maximum atomic E-state index is 14.4. The van der Waals surface area contributed by atoms with E-state index in [1.54, 1.807) is 37.4 Å². The number of aryl methyl sites for hydroxylation is 2. The Morgan fingerprint density at radius 3 is 2.12 bits per heavy atom. The molecule has 3 atom stereocenters. The van der Waals surface area contributed by atoms with Crippen LogP contribution in [0.5, 0.6) is 0 Å². The Balaban J connectivity index is 3.57. The molecule has 0 saturated carbocycles. The molecular weight excluding hydrogens is 522 g/mol. The van der Waals surface area contributed by atoms with E-state index in [0.717, 1.165) is 61.6 Å². The van der Waals surface area contributed by atoms with Gasteiger partial charge in [-0.15, -0.1) is 0 Å². The van der Waals surface area contributed by atoms with Gasteiger partial charge in [-0.1, -0.05) is 64.2 Å². The van der Waals surface area contributed by atoms with Gasteiger partial charge in [-0.2, -0.15) is 11.8 Å². The second kappa shape index (κ2) is 18.3. The van der Waals surface area contributed by atoms with Crippen LogP contribution in [0.25, 0.3) is 0 Å². The molecule has 0 fully saturated rings. The number of carbonyl (C=O) groups excluding carboxylic acids is 3. The number of ether oxygens (including phenoxy) is 1. The van der Waals surface area contributed by atoms with Crippen molar-refractivity contribution in [2.75, 3.05) is 18.6 Å². The van der Waals surface area contributed by atoms with E-state index in [4.69, 9.17) is 4.74 Å². The zero-order valence-corrected chi connectivity index (χ0v) is 27.3. The Morgan fingerprint density at radius 1 is 0.950 bits per heavy atom. The number of hydrogen-bond acceptors (Lipinski definition) is 5. The fourth-order valence-corrected chi connectivity index (χ4v) is 5.38. The third-order valence-corrected chi connectivity index (χ3v) is 7.52. The zero-order chi connectivity index (χ0) is 30.3. The lowest BCUT2D eigenvalue weighted by Gasteiger charge is -2.36. The third-order valence-electron chi connectivity index (χ3n) is 6.87. The van der Waals surface area contributed by atoms with Crippen LogP contribution in [0.2, 0.25) is 0 Å². The number of hydrogen-bond donors (Lipinski definition) is 2. The number of alkyl carbamates (subject to hydrolysis) is 1. The topological polar surface area (TPSA) is 87.7 Å². The molecule has 1 aromatic carbocycles. The fraction of sp³-hybridized carbons (Fsp3) is 0.719. The van der Waals surface area contributed by atoms with Crippen LogP contribution in [0, 0.1) is 13.8 Å². The maximum absolute atomic E-state index is 14.4. The molecule has 3 amide bonds. The first-order chi connectivity index (χ1) is 18.9. The van der Waals surface area contributed by atoms with Gasteiger partial charge < -0.3 is 20.3 Å². The molecule has 1 aromatic rings. The summed E-state index contributed by atoms with van der Waals surface area (Å²) in [5.41, 5.74) is 2.10. The molecule has 0 bridgehead atoms. The average Bonchev–Trinajstić information content (AvgIpc) is 2.85. The summed E-state index contributed by atoms with van der Waals surface area (Å²) in [6, 6.07) is 4.35. The number of benzene rings is 1. The van der Waals surface area contributed by atoms with Crippen LogP contribution < -0.4 is 10.6 Å². The maximum Gasteiger partial charge on any atom is 0.408 e. The van der Waals surface area contributed by atoms with Crippen molar-refractivity contribution in [1.29, 1.82) is 0 Å². The number of thioether (sulfide) groups is 1. The molecule has 0 heterocycles. The summed E-state index contributed by atoms with van der Waals surface area (Å²) in [6.07, 6.45) is 8.70. The number of amides is 3. The summed E-state index contributed by atoms with van der Waals surface area (Å²) in [6.45, 7) is 16.1. The highest BCUT2D eigenvalue weighted by molar-refractivity contribution is 7.98. The summed E-state index contributed by atoms with van der Waals surface area (Å²) in [5, 5.41) is 6.02. The van der Waals surface area contributed by atoms with Crippen LogP contribution in [0.4, 0.5) is 4.79 Å². The van der Waals surface area contributed by atoms with Crippen molar-refractivity contribution in [2.24, 2.45) is 0 Å². The first-order valence-electron chi connectivity index (χ1n) is 15.0. The van der Waals surface area contributed by atoms with Crippen LogP contribution >= 0.6 is 11.8 Å². The third kappa shape index (κ3) is 12.5. The van der Waals surface area contributed by atoms with Crippen LogP contribution in [0.3, 0.4) is 0 Å². The highest BCUT2D eigenvalue weighted by Gasteiger charge is 2.37. The quantitative estimate of drug-likeness (QED) is 0.193. The molecule has 40 heavy (non-hydrogen) atoms. The molecule has 0 aliphatic rings. The molecule has 0 aliphatic carbocycles. The number of carbonyl (C=O) groups is 3. The van der Waals surface area contributed by atoms with E-state index in [1.165, 1.54) is 0 Å². The Bertz CT molecular complexity index is 911. The second-order valence-corrected chi connectivity index (χ2v) is 12.8. The molecule has 0 aliphatic heterocycles. The summed E-state index contributed by atoms with van der Waals surface area (Å²) >= 11 is 1.61. The van der Waals surface area contributed by atoms with Crippen molar-refractivity contribution in [3.05, 3.63) is 34.9 Å². The smallest absolute Gasteiger partial charge is 0.408 e. The molecule has 0 spiro atoms. The van der Waals surface area contributed by atoms with Crippen LogP contribution in [-0.2, 0) is 14.3 Å². The summed E-state index contributed by atoms with van der Waals surface area (Å²) < 4.78 is 5.51. The predicted octanol–water partition coefficient (Wildman–Crippen LogP) is 7.09. The number of rotatable bonds is 17. The van der Waals surface area contributed by atoms with Gasteiger partial charge in [-0.3, -0.25) is 9.59 Å². The van der Waals surface area contributed by atoms with Gasteiger partial charge in [0.05, 0.1) is 0 Å². The first kappa shape index (κ1) is 35.8. The second-order valence-electron chi connectivity index (χ2n) is 11.8. The lowest BCUT2D eigenvalue weighted by molar-refractivity contribution is -0.143. The predicted molar refractivity (Wildman–Crippen MR) is 168 cm³/mol. The molecule has 7 nitrogen and oxygen atoms in total. The van der Waals surface area contributed by atoms with Gasteiger partial charge in [0, 0.05) is 12.6 Å². The van der Waals surface area contributed by atoms with Crippen molar-refractivity contribution in [3.63, 3.8) is 0 Å².